The Kier molecular flexibility index (Phi) is 9.64. The maximum Gasteiger partial charge on any atom is 0.114 e. The van der Waals surface area contributed by atoms with E-state index in [1.807, 2.05) is 97.1 Å². The van der Waals surface area contributed by atoms with Gasteiger partial charge in [-0.3, -0.25) is 0 Å². The molecule has 5 atom stereocenters. The molecule has 0 aliphatic carbocycles. The van der Waals surface area contributed by atoms with E-state index < -0.39 is 12.2 Å². The fourth-order valence-electron chi connectivity index (χ4n) is 4.24. The van der Waals surface area contributed by atoms with E-state index in [9.17, 15) is 5.11 Å². The minimum absolute atomic E-state index is 0.0706. The lowest BCUT2D eigenvalue weighted by atomic mass is 10.0. The van der Waals surface area contributed by atoms with Gasteiger partial charge >= 0.3 is 0 Å². The molecular weight excluding hydrogens is 438 g/mol. The van der Waals surface area contributed by atoms with Crippen molar-refractivity contribution in [2.45, 2.75) is 56.6 Å². The quantitative estimate of drug-likeness (QED) is 0.248. The van der Waals surface area contributed by atoms with Gasteiger partial charge in [0.15, 0.2) is 0 Å². The summed E-state index contributed by atoms with van der Waals surface area (Å²) in [5.41, 5.74) is 3.19. The first-order valence-corrected chi connectivity index (χ1v) is 12.2. The minimum atomic E-state index is -0.852. The van der Waals surface area contributed by atoms with E-state index in [0.29, 0.717) is 19.8 Å². The fraction of sp³-hybridized carbons (Fsp3) is 0.333. The van der Waals surface area contributed by atoms with Crippen LogP contribution in [0.15, 0.2) is 104 Å². The molecule has 35 heavy (non-hydrogen) atoms. The summed E-state index contributed by atoms with van der Waals surface area (Å²) in [5.74, 6) is 0. The molecule has 2 N–H and O–H groups in total. The SMILES string of the molecule is C=CC[C@@H]1N[C@@H]1[C@@H](OCc1ccccc1)[C@H](OCc1ccccc1)[C@H](O)COCc1ccccc1. The van der Waals surface area contributed by atoms with Crippen LogP contribution in [0.25, 0.3) is 0 Å². The third-order valence-electron chi connectivity index (χ3n) is 6.18. The molecule has 184 valence electrons. The molecule has 0 bridgehead atoms. The lowest BCUT2D eigenvalue weighted by Gasteiger charge is -2.31. The van der Waals surface area contributed by atoms with Crippen molar-refractivity contribution in [1.82, 2.24) is 5.32 Å². The van der Waals surface area contributed by atoms with Gasteiger partial charge < -0.3 is 24.6 Å². The highest BCUT2D eigenvalue weighted by molar-refractivity contribution is 5.16. The lowest BCUT2D eigenvalue weighted by molar-refractivity contribution is -0.147. The topological polar surface area (TPSA) is 69.9 Å². The molecule has 0 radical (unpaired) electrons. The number of aliphatic hydroxyl groups is 1. The van der Waals surface area contributed by atoms with Gasteiger partial charge in [0.2, 0.25) is 0 Å². The first kappa shape index (κ1) is 25.3. The molecule has 0 aromatic heterocycles. The second-order valence-corrected chi connectivity index (χ2v) is 8.91. The molecule has 3 aromatic rings. The van der Waals surface area contributed by atoms with E-state index in [4.69, 9.17) is 14.2 Å². The summed E-state index contributed by atoms with van der Waals surface area (Å²) >= 11 is 0. The van der Waals surface area contributed by atoms with Gasteiger partial charge in [0.1, 0.15) is 18.3 Å². The Hall–Kier alpha value is -2.80. The number of benzene rings is 3. The van der Waals surface area contributed by atoms with Crippen molar-refractivity contribution < 1.29 is 19.3 Å². The standard InChI is InChI=1S/C30H35NO4/c1-2-12-26-28(31-26)30(35-21-25-17-10-5-11-18-25)29(34-20-24-15-8-4-9-16-24)27(32)22-33-19-23-13-6-3-7-14-23/h2-11,13-18,26-32H,1,12,19-22H2/t26-,27+,28-,29+,30+/m0/s1. The summed E-state index contributed by atoms with van der Waals surface area (Å²) in [5, 5.41) is 14.7. The van der Waals surface area contributed by atoms with Crippen molar-refractivity contribution in [1.29, 1.82) is 0 Å². The van der Waals surface area contributed by atoms with Gasteiger partial charge in [-0.1, -0.05) is 97.1 Å². The maximum atomic E-state index is 11.2. The van der Waals surface area contributed by atoms with Crippen LogP contribution in [0.1, 0.15) is 23.1 Å². The predicted molar refractivity (Wildman–Crippen MR) is 138 cm³/mol. The van der Waals surface area contributed by atoms with Gasteiger partial charge in [-0.2, -0.15) is 0 Å². The summed E-state index contributed by atoms with van der Waals surface area (Å²) in [6, 6.07) is 30.3. The molecule has 4 rings (SSSR count). The van der Waals surface area contributed by atoms with E-state index in [-0.39, 0.29) is 24.8 Å². The number of hydrogen-bond acceptors (Lipinski definition) is 5. The van der Waals surface area contributed by atoms with E-state index in [0.717, 1.165) is 23.1 Å². The average molecular weight is 474 g/mol. The molecule has 0 amide bonds. The smallest absolute Gasteiger partial charge is 0.114 e. The summed E-state index contributed by atoms with van der Waals surface area (Å²) in [6.45, 7) is 5.27. The molecule has 5 nitrogen and oxygen atoms in total. The second-order valence-electron chi connectivity index (χ2n) is 8.91. The summed E-state index contributed by atoms with van der Waals surface area (Å²) < 4.78 is 18.7. The van der Waals surface area contributed by atoms with E-state index in [1.165, 1.54) is 0 Å². The Morgan fingerprint density at radius 3 is 1.83 bits per heavy atom. The van der Waals surface area contributed by atoms with Crippen molar-refractivity contribution in [3.63, 3.8) is 0 Å². The second kappa shape index (κ2) is 13.3. The Morgan fingerprint density at radius 1 is 0.771 bits per heavy atom. The minimum Gasteiger partial charge on any atom is -0.388 e. The highest BCUT2D eigenvalue weighted by Crippen LogP contribution is 2.28. The van der Waals surface area contributed by atoms with Crippen LogP contribution in [0, 0.1) is 0 Å². The molecule has 1 fully saturated rings. The molecule has 5 heteroatoms. The van der Waals surface area contributed by atoms with Crippen LogP contribution in [0.3, 0.4) is 0 Å². The fourth-order valence-corrected chi connectivity index (χ4v) is 4.24. The highest BCUT2D eigenvalue weighted by atomic mass is 16.6. The molecular formula is C30H35NO4. The zero-order chi connectivity index (χ0) is 24.3. The van der Waals surface area contributed by atoms with Crippen LogP contribution in [-0.2, 0) is 34.0 Å². The van der Waals surface area contributed by atoms with Crippen LogP contribution in [0.4, 0.5) is 0 Å². The normalized spacial score (nSPS) is 19.6. The Labute approximate surface area is 208 Å². The Bertz CT molecular complexity index is 999. The van der Waals surface area contributed by atoms with Gasteiger partial charge in [0.25, 0.3) is 0 Å². The first-order valence-electron chi connectivity index (χ1n) is 12.2. The molecule has 1 saturated heterocycles. The van der Waals surface area contributed by atoms with E-state index in [2.05, 4.69) is 11.9 Å². The highest BCUT2D eigenvalue weighted by Gasteiger charge is 2.47. The van der Waals surface area contributed by atoms with Crippen LogP contribution in [-0.4, -0.2) is 42.1 Å². The van der Waals surface area contributed by atoms with Gasteiger partial charge in [-0.15, -0.1) is 6.58 Å². The molecule has 3 aromatic carbocycles. The largest absolute Gasteiger partial charge is 0.388 e. The van der Waals surface area contributed by atoms with Crippen LogP contribution in [0.2, 0.25) is 0 Å². The molecule has 1 aliphatic rings. The Balaban J connectivity index is 1.46. The van der Waals surface area contributed by atoms with Crippen molar-refractivity contribution in [2.75, 3.05) is 6.61 Å². The number of ether oxygens (including phenoxy) is 3. The zero-order valence-corrected chi connectivity index (χ0v) is 20.0. The van der Waals surface area contributed by atoms with Crippen molar-refractivity contribution in [3.05, 3.63) is 120 Å². The van der Waals surface area contributed by atoms with Gasteiger partial charge in [0, 0.05) is 6.04 Å². The van der Waals surface area contributed by atoms with Crippen molar-refractivity contribution in [2.24, 2.45) is 0 Å². The summed E-state index contributed by atoms with van der Waals surface area (Å²) in [6.07, 6.45) is 0.976. The Morgan fingerprint density at radius 2 is 1.29 bits per heavy atom. The molecule has 1 aliphatic heterocycles. The number of hydrogen-bond donors (Lipinski definition) is 2. The molecule has 0 unspecified atom stereocenters. The van der Waals surface area contributed by atoms with Crippen LogP contribution in [0.5, 0.6) is 0 Å². The first-order chi connectivity index (χ1) is 17.2. The van der Waals surface area contributed by atoms with Crippen LogP contribution < -0.4 is 5.32 Å². The van der Waals surface area contributed by atoms with Gasteiger partial charge in [0.05, 0.1) is 32.5 Å². The van der Waals surface area contributed by atoms with E-state index >= 15 is 0 Å². The number of rotatable bonds is 15. The van der Waals surface area contributed by atoms with Crippen LogP contribution >= 0.6 is 0 Å². The number of aliphatic hydroxyl groups excluding tert-OH is 1. The van der Waals surface area contributed by atoms with Crippen molar-refractivity contribution >= 4 is 0 Å². The maximum absolute atomic E-state index is 11.2. The predicted octanol–water partition coefficient (Wildman–Crippen LogP) is 4.65. The summed E-state index contributed by atoms with van der Waals surface area (Å²) in [7, 11) is 0. The molecule has 0 spiro atoms. The third kappa shape index (κ3) is 7.85. The van der Waals surface area contributed by atoms with Gasteiger partial charge in [-0.05, 0) is 23.1 Å². The van der Waals surface area contributed by atoms with E-state index in [1.54, 1.807) is 0 Å². The monoisotopic (exact) mass is 473 g/mol. The molecule has 1 heterocycles. The lowest BCUT2D eigenvalue weighted by Crippen LogP contribution is -2.47. The zero-order valence-electron chi connectivity index (χ0n) is 20.0. The van der Waals surface area contributed by atoms with Crippen molar-refractivity contribution in [3.8, 4) is 0 Å². The molecule has 0 saturated carbocycles. The van der Waals surface area contributed by atoms with Gasteiger partial charge in [-0.25, -0.2) is 0 Å². The average Bonchev–Trinajstić information content (AvgIpc) is 3.66. The summed E-state index contributed by atoms with van der Waals surface area (Å²) in [4.78, 5) is 0. The number of nitrogens with one attached hydrogen (secondary N) is 1. The third-order valence-corrected chi connectivity index (χ3v) is 6.18.